The molecule has 1 atom stereocenters. The van der Waals surface area contributed by atoms with Crippen LogP contribution in [0.15, 0.2) is 22.7 Å². The van der Waals surface area contributed by atoms with E-state index >= 15 is 0 Å². The molecule has 1 heterocycles. The fraction of sp³-hybridized carbons (Fsp3) is 0.571. The van der Waals surface area contributed by atoms with Crippen molar-refractivity contribution in [2.24, 2.45) is 11.7 Å². The molecule has 4 heteroatoms. The standard InChI is InChI=1S/C14H21BrN2O/c1-10-4-6-17(7-5-10)13(9-16)11-2-3-14(18)12(15)8-11/h2-3,8,10,13,18H,4-7,9,16H2,1H3. The normalized spacial score (nSPS) is 19.9. The predicted octanol–water partition coefficient (Wildman–Crippen LogP) is 2.89. The van der Waals surface area contributed by atoms with Crippen LogP contribution in [0.4, 0.5) is 0 Å². The minimum Gasteiger partial charge on any atom is -0.507 e. The van der Waals surface area contributed by atoms with Crippen LogP contribution >= 0.6 is 15.9 Å². The van der Waals surface area contributed by atoms with Gasteiger partial charge < -0.3 is 10.8 Å². The van der Waals surface area contributed by atoms with Crippen molar-refractivity contribution in [2.45, 2.75) is 25.8 Å². The van der Waals surface area contributed by atoms with Crippen LogP contribution < -0.4 is 5.73 Å². The molecule has 0 radical (unpaired) electrons. The number of nitrogens with zero attached hydrogens (tertiary/aromatic N) is 1. The van der Waals surface area contributed by atoms with Crippen LogP contribution in [-0.2, 0) is 0 Å². The summed E-state index contributed by atoms with van der Waals surface area (Å²) in [5, 5.41) is 9.55. The molecule has 3 nitrogen and oxygen atoms in total. The summed E-state index contributed by atoms with van der Waals surface area (Å²) < 4.78 is 0.740. The summed E-state index contributed by atoms with van der Waals surface area (Å²) in [6.07, 6.45) is 2.49. The smallest absolute Gasteiger partial charge is 0.129 e. The molecule has 1 aliphatic rings. The predicted molar refractivity (Wildman–Crippen MR) is 77.6 cm³/mol. The molecule has 1 unspecified atom stereocenters. The monoisotopic (exact) mass is 312 g/mol. The van der Waals surface area contributed by atoms with Crippen molar-refractivity contribution in [3.8, 4) is 5.75 Å². The molecule has 0 amide bonds. The first kappa shape index (κ1) is 13.8. The van der Waals surface area contributed by atoms with E-state index in [4.69, 9.17) is 5.73 Å². The van der Waals surface area contributed by atoms with Gasteiger partial charge in [-0.2, -0.15) is 0 Å². The fourth-order valence-corrected chi connectivity index (χ4v) is 2.96. The Balaban J connectivity index is 2.14. The van der Waals surface area contributed by atoms with E-state index in [1.54, 1.807) is 6.07 Å². The van der Waals surface area contributed by atoms with Crippen molar-refractivity contribution in [2.75, 3.05) is 19.6 Å². The lowest BCUT2D eigenvalue weighted by Gasteiger charge is -2.36. The third kappa shape index (κ3) is 3.05. The van der Waals surface area contributed by atoms with Crippen LogP contribution in [-0.4, -0.2) is 29.6 Å². The molecule has 18 heavy (non-hydrogen) atoms. The van der Waals surface area contributed by atoms with Crippen LogP contribution in [0.25, 0.3) is 0 Å². The lowest BCUT2D eigenvalue weighted by atomic mass is 9.96. The van der Waals surface area contributed by atoms with E-state index in [1.165, 1.54) is 18.4 Å². The lowest BCUT2D eigenvalue weighted by molar-refractivity contribution is 0.141. The molecular weight excluding hydrogens is 292 g/mol. The third-order valence-corrected chi connectivity index (χ3v) is 4.47. The van der Waals surface area contributed by atoms with Crippen molar-refractivity contribution in [1.82, 2.24) is 4.90 Å². The Morgan fingerprint density at radius 3 is 2.67 bits per heavy atom. The van der Waals surface area contributed by atoms with Gasteiger partial charge in [-0.25, -0.2) is 0 Å². The summed E-state index contributed by atoms with van der Waals surface area (Å²) in [6, 6.07) is 5.93. The molecule has 2 rings (SSSR count). The molecule has 1 aliphatic heterocycles. The van der Waals surface area contributed by atoms with E-state index in [2.05, 4.69) is 27.8 Å². The van der Waals surface area contributed by atoms with Crippen LogP contribution in [0.5, 0.6) is 5.75 Å². The van der Waals surface area contributed by atoms with Crippen molar-refractivity contribution in [3.63, 3.8) is 0 Å². The Hall–Kier alpha value is -0.580. The van der Waals surface area contributed by atoms with Gasteiger partial charge in [0.25, 0.3) is 0 Å². The summed E-state index contributed by atoms with van der Waals surface area (Å²) >= 11 is 3.37. The van der Waals surface area contributed by atoms with E-state index in [1.807, 2.05) is 12.1 Å². The average Bonchev–Trinajstić information content (AvgIpc) is 2.37. The van der Waals surface area contributed by atoms with Crippen LogP contribution in [0.3, 0.4) is 0 Å². The minimum absolute atomic E-state index is 0.259. The van der Waals surface area contributed by atoms with E-state index in [0.717, 1.165) is 23.5 Å². The zero-order chi connectivity index (χ0) is 13.1. The Labute approximate surface area is 117 Å². The molecule has 1 aromatic carbocycles. The molecular formula is C14H21BrN2O. The number of rotatable bonds is 3. The molecule has 1 saturated heterocycles. The van der Waals surface area contributed by atoms with Crippen molar-refractivity contribution >= 4 is 15.9 Å². The Kier molecular flexibility index (Phi) is 4.65. The first-order valence-corrected chi connectivity index (χ1v) is 7.33. The van der Waals surface area contributed by atoms with Crippen LogP contribution in [0, 0.1) is 5.92 Å². The summed E-state index contributed by atoms with van der Waals surface area (Å²) in [4.78, 5) is 2.46. The highest BCUT2D eigenvalue weighted by Gasteiger charge is 2.23. The van der Waals surface area contributed by atoms with Crippen molar-refractivity contribution in [1.29, 1.82) is 0 Å². The van der Waals surface area contributed by atoms with Gasteiger partial charge in [-0.1, -0.05) is 13.0 Å². The number of hydrogen-bond acceptors (Lipinski definition) is 3. The van der Waals surface area contributed by atoms with Gasteiger partial charge in [0.15, 0.2) is 0 Å². The summed E-state index contributed by atoms with van der Waals surface area (Å²) in [7, 11) is 0. The Morgan fingerprint density at radius 2 is 2.11 bits per heavy atom. The van der Waals surface area contributed by atoms with Crippen LogP contribution in [0.2, 0.25) is 0 Å². The topological polar surface area (TPSA) is 49.5 Å². The van der Waals surface area contributed by atoms with Crippen LogP contribution in [0.1, 0.15) is 31.4 Å². The molecule has 0 aliphatic carbocycles. The fourth-order valence-electron chi connectivity index (χ4n) is 2.57. The average molecular weight is 313 g/mol. The first-order chi connectivity index (χ1) is 8.61. The zero-order valence-electron chi connectivity index (χ0n) is 10.8. The number of phenols is 1. The van der Waals surface area contributed by atoms with Gasteiger partial charge >= 0.3 is 0 Å². The second-order valence-corrected chi connectivity index (χ2v) is 6.04. The highest BCUT2D eigenvalue weighted by Crippen LogP contribution is 2.31. The molecule has 3 N–H and O–H groups in total. The highest BCUT2D eigenvalue weighted by atomic mass is 79.9. The highest BCUT2D eigenvalue weighted by molar-refractivity contribution is 9.10. The van der Waals surface area contributed by atoms with E-state index in [-0.39, 0.29) is 11.8 Å². The van der Waals surface area contributed by atoms with Gasteiger partial charge in [-0.3, -0.25) is 4.90 Å². The summed E-state index contributed by atoms with van der Waals surface area (Å²) in [5.41, 5.74) is 7.12. The molecule has 1 fully saturated rings. The first-order valence-electron chi connectivity index (χ1n) is 6.54. The van der Waals surface area contributed by atoms with Gasteiger partial charge in [-0.15, -0.1) is 0 Å². The largest absolute Gasteiger partial charge is 0.507 e. The third-order valence-electron chi connectivity index (χ3n) is 3.84. The van der Waals surface area contributed by atoms with E-state index < -0.39 is 0 Å². The quantitative estimate of drug-likeness (QED) is 0.902. The maximum atomic E-state index is 9.55. The maximum absolute atomic E-state index is 9.55. The van der Waals surface area contributed by atoms with E-state index in [0.29, 0.717) is 6.54 Å². The van der Waals surface area contributed by atoms with E-state index in [9.17, 15) is 5.11 Å². The molecule has 100 valence electrons. The Morgan fingerprint density at radius 1 is 1.44 bits per heavy atom. The Bertz CT molecular complexity index is 403. The minimum atomic E-state index is 0.259. The molecule has 0 spiro atoms. The summed E-state index contributed by atoms with van der Waals surface area (Å²) in [6.45, 7) is 5.15. The van der Waals surface area contributed by atoms with Gasteiger partial charge in [0.1, 0.15) is 5.75 Å². The summed E-state index contributed by atoms with van der Waals surface area (Å²) in [5.74, 6) is 1.10. The zero-order valence-corrected chi connectivity index (χ0v) is 12.4. The molecule has 0 saturated carbocycles. The number of phenolic OH excluding ortho intramolecular Hbond substituents is 1. The maximum Gasteiger partial charge on any atom is 0.129 e. The number of likely N-dealkylation sites (tertiary alicyclic amines) is 1. The number of aromatic hydroxyl groups is 1. The molecule has 1 aromatic rings. The number of piperidine rings is 1. The lowest BCUT2D eigenvalue weighted by Crippen LogP contribution is -2.39. The number of nitrogens with two attached hydrogens (primary N) is 1. The van der Waals surface area contributed by atoms with Gasteiger partial charge in [-0.05, 0) is 65.5 Å². The van der Waals surface area contributed by atoms with Gasteiger partial charge in [0.2, 0.25) is 0 Å². The number of hydrogen-bond donors (Lipinski definition) is 2. The number of halogens is 1. The van der Waals surface area contributed by atoms with Gasteiger partial charge in [0, 0.05) is 12.6 Å². The van der Waals surface area contributed by atoms with Crippen molar-refractivity contribution < 1.29 is 5.11 Å². The van der Waals surface area contributed by atoms with Gasteiger partial charge in [0.05, 0.1) is 4.47 Å². The van der Waals surface area contributed by atoms with Crippen molar-refractivity contribution in [3.05, 3.63) is 28.2 Å². The second-order valence-electron chi connectivity index (χ2n) is 5.18. The SMILES string of the molecule is CC1CCN(C(CN)c2ccc(O)c(Br)c2)CC1. The molecule has 0 bridgehead atoms. The second kappa shape index (κ2) is 6.04. The number of benzene rings is 1. The molecule has 0 aromatic heterocycles.